The average molecular weight is 266 g/mol. The molecule has 6 nitrogen and oxygen atoms in total. The highest BCUT2D eigenvalue weighted by Gasteiger charge is 2.07. The topological polar surface area (TPSA) is 76.7 Å². The minimum absolute atomic E-state index is 0.117. The van der Waals surface area contributed by atoms with Crippen LogP contribution in [0.15, 0.2) is 24.3 Å². The van der Waals surface area contributed by atoms with Gasteiger partial charge in [-0.15, -0.1) is 0 Å². The third-order valence-corrected chi connectivity index (χ3v) is 2.34. The van der Waals surface area contributed by atoms with Gasteiger partial charge in [-0.2, -0.15) is 0 Å². The molecule has 2 N–H and O–H groups in total. The fourth-order valence-electron chi connectivity index (χ4n) is 1.44. The molecule has 0 bridgehead atoms. The number of rotatable bonds is 6. The van der Waals surface area contributed by atoms with E-state index in [2.05, 4.69) is 15.4 Å². The SMILES string of the molecule is CCOC(=O)NCC(=O)NCc1ccccc1OC. The molecule has 6 heteroatoms. The molecule has 0 saturated carbocycles. The van der Waals surface area contributed by atoms with Gasteiger partial charge < -0.3 is 20.1 Å². The highest BCUT2D eigenvalue weighted by atomic mass is 16.5. The van der Waals surface area contributed by atoms with E-state index in [1.54, 1.807) is 14.0 Å². The van der Waals surface area contributed by atoms with E-state index in [1.807, 2.05) is 24.3 Å². The molecule has 1 aromatic carbocycles. The lowest BCUT2D eigenvalue weighted by molar-refractivity contribution is -0.120. The summed E-state index contributed by atoms with van der Waals surface area (Å²) in [5.41, 5.74) is 0.870. The van der Waals surface area contributed by atoms with Crippen LogP contribution in [0.1, 0.15) is 12.5 Å². The predicted molar refractivity (Wildman–Crippen MR) is 69.9 cm³/mol. The molecule has 0 unspecified atom stereocenters. The molecule has 0 aliphatic rings. The van der Waals surface area contributed by atoms with Crippen LogP contribution in [0.2, 0.25) is 0 Å². The van der Waals surface area contributed by atoms with Crippen LogP contribution in [-0.2, 0) is 16.1 Å². The first-order chi connectivity index (χ1) is 9.17. The molecule has 0 radical (unpaired) electrons. The molecule has 0 heterocycles. The number of alkyl carbamates (subject to hydrolysis) is 1. The van der Waals surface area contributed by atoms with E-state index in [4.69, 9.17) is 4.74 Å². The second kappa shape index (κ2) is 7.97. The maximum atomic E-state index is 11.5. The number of benzene rings is 1. The molecule has 0 saturated heterocycles. The van der Waals surface area contributed by atoms with Crippen LogP contribution >= 0.6 is 0 Å². The smallest absolute Gasteiger partial charge is 0.407 e. The highest BCUT2D eigenvalue weighted by molar-refractivity contribution is 5.82. The van der Waals surface area contributed by atoms with Crippen LogP contribution in [-0.4, -0.2) is 32.3 Å². The first-order valence-electron chi connectivity index (χ1n) is 5.96. The molecule has 104 valence electrons. The first-order valence-corrected chi connectivity index (χ1v) is 5.96. The zero-order valence-electron chi connectivity index (χ0n) is 11.1. The van der Waals surface area contributed by atoms with E-state index in [0.29, 0.717) is 12.3 Å². The number of methoxy groups -OCH3 is 1. The Kier molecular flexibility index (Phi) is 6.21. The monoisotopic (exact) mass is 266 g/mol. The quantitative estimate of drug-likeness (QED) is 0.807. The Morgan fingerprint density at radius 2 is 1.95 bits per heavy atom. The number of para-hydroxylation sites is 1. The third kappa shape index (κ3) is 5.29. The Balaban J connectivity index is 2.35. The first kappa shape index (κ1) is 14.8. The predicted octanol–water partition coefficient (Wildman–Crippen LogP) is 1.06. The van der Waals surface area contributed by atoms with Crippen LogP contribution in [0.4, 0.5) is 4.79 Å². The van der Waals surface area contributed by atoms with E-state index in [9.17, 15) is 9.59 Å². The summed E-state index contributed by atoms with van der Waals surface area (Å²) in [6, 6.07) is 7.39. The molecule has 0 aliphatic heterocycles. The van der Waals surface area contributed by atoms with Gasteiger partial charge in [0, 0.05) is 12.1 Å². The van der Waals surface area contributed by atoms with Crippen molar-refractivity contribution < 1.29 is 19.1 Å². The Morgan fingerprint density at radius 1 is 1.21 bits per heavy atom. The summed E-state index contributed by atoms with van der Waals surface area (Å²) in [7, 11) is 1.57. The van der Waals surface area contributed by atoms with Crippen LogP contribution in [0, 0.1) is 0 Å². The third-order valence-electron chi connectivity index (χ3n) is 2.34. The fourth-order valence-corrected chi connectivity index (χ4v) is 1.44. The Bertz CT molecular complexity index is 434. The van der Waals surface area contributed by atoms with Crippen molar-refractivity contribution >= 4 is 12.0 Å². The summed E-state index contributed by atoms with van der Waals surface area (Å²) < 4.78 is 9.81. The van der Waals surface area contributed by atoms with Crippen molar-refractivity contribution in [1.29, 1.82) is 0 Å². The van der Waals surface area contributed by atoms with Crippen LogP contribution < -0.4 is 15.4 Å². The van der Waals surface area contributed by atoms with Gasteiger partial charge in [-0.05, 0) is 13.0 Å². The molecule has 0 atom stereocenters. The lowest BCUT2D eigenvalue weighted by atomic mass is 10.2. The summed E-state index contributed by atoms with van der Waals surface area (Å²) in [6.45, 7) is 2.19. The molecule has 0 fully saturated rings. The van der Waals surface area contributed by atoms with E-state index in [1.165, 1.54) is 0 Å². The highest BCUT2D eigenvalue weighted by Crippen LogP contribution is 2.16. The average Bonchev–Trinajstić information content (AvgIpc) is 2.43. The zero-order valence-corrected chi connectivity index (χ0v) is 11.1. The standard InChI is InChI=1S/C13H18N2O4/c1-3-19-13(17)15-9-12(16)14-8-10-6-4-5-7-11(10)18-2/h4-7H,3,8-9H2,1-2H3,(H,14,16)(H,15,17). The summed E-state index contributed by atoms with van der Waals surface area (Å²) in [4.78, 5) is 22.5. The van der Waals surface area contributed by atoms with E-state index >= 15 is 0 Å². The van der Waals surface area contributed by atoms with Crippen molar-refractivity contribution in [1.82, 2.24) is 10.6 Å². The van der Waals surface area contributed by atoms with E-state index in [0.717, 1.165) is 5.56 Å². The number of amides is 2. The van der Waals surface area contributed by atoms with Gasteiger partial charge in [0.2, 0.25) is 5.91 Å². The number of nitrogens with one attached hydrogen (secondary N) is 2. The van der Waals surface area contributed by atoms with Gasteiger partial charge in [0.25, 0.3) is 0 Å². The minimum Gasteiger partial charge on any atom is -0.496 e. The van der Waals surface area contributed by atoms with Gasteiger partial charge in [-0.3, -0.25) is 4.79 Å². The van der Waals surface area contributed by atoms with Crippen LogP contribution in [0.3, 0.4) is 0 Å². The molecule has 0 spiro atoms. The van der Waals surface area contributed by atoms with Gasteiger partial charge in [-0.25, -0.2) is 4.79 Å². The van der Waals surface area contributed by atoms with Gasteiger partial charge in [0.05, 0.1) is 13.7 Å². The van der Waals surface area contributed by atoms with Gasteiger partial charge >= 0.3 is 6.09 Å². The summed E-state index contributed by atoms with van der Waals surface area (Å²) in [5.74, 6) is 0.417. The van der Waals surface area contributed by atoms with Crippen molar-refractivity contribution in [2.24, 2.45) is 0 Å². The summed E-state index contributed by atoms with van der Waals surface area (Å²) in [6.07, 6.45) is -0.602. The summed E-state index contributed by atoms with van der Waals surface area (Å²) >= 11 is 0. The molecular formula is C13H18N2O4. The van der Waals surface area contributed by atoms with Crippen molar-refractivity contribution in [2.75, 3.05) is 20.3 Å². The van der Waals surface area contributed by atoms with Crippen LogP contribution in [0.25, 0.3) is 0 Å². The Morgan fingerprint density at radius 3 is 2.63 bits per heavy atom. The molecule has 19 heavy (non-hydrogen) atoms. The zero-order chi connectivity index (χ0) is 14.1. The minimum atomic E-state index is -0.602. The maximum absolute atomic E-state index is 11.5. The fraction of sp³-hybridized carbons (Fsp3) is 0.385. The number of ether oxygens (including phenoxy) is 2. The lowest BCUT2D eigenvalue weighted by Crippen LogP contribution is -2.36. The number of carbonyl (C=O) groups excluding carboxylic acids is 2. The van der Waals surface area contributed by atoms with Crippen molar-refractivity contribution in [3.05, 3.63) is 29.8 Å². The van der Waals surface area contributed by atoms with Crippen LogP contribution in [0.5, 0.6) is 5.75 Å². The molecule has 0 aromatic heterocycles. The second-order valence-corrected chi connectivity index (χ2v) is 3.66. The molecular weight excluding hydrogens is 248 g/mol. The van der Waals surface area contributed by atoms with Crippen molar-refractivity contribution in [2.45, 2.75) is 13.5 Å². The molecule has 1 rings (SSSR count). The van der Waals surface area contributed by atoms with Crippen molar-refractivity contribution in [3.63, 3.8) is 0 Å². The van der Waals surface area contributed by atoms with Gasteiger partial charge in [0.1, 0.15) is 12.3 Å². The Labute approximate surface area is 112 Å². The van der Waals surface area contributed by atoms with E-state index < -0.39 is 6.09 Å². The Hall–Kier alpha value is -2.24. The number of hydrogen-bond acceptors (Lipinski definition) is 4. The number of hydrogen-bond donors (Lipinski definition) is 2. The van der Waals surface area contributed by atoms with Gasteiger partial charge in [-0.1, -0.05) is 18.2 Å². The maximum Gasteiger partial charge on any atom is 0.407 e. The van der Waals surface area contributed by atoms with Crippen molar-refractivity contribution in [3.8, 4) is 5.75 Å². The lowest BCUT2D eigenvalue weighted by Gasteiger charge is -2.10. The molecule has 2 amide bonds. The molecule has 1 aromatic rings. The van der Waals surface area contributed by atoms with Gasteiger partial charge in [0.15, 0.2) is 0 Å². The molecule has 0 aliphatic carbocycles. The summed E-state index contributed by atoms with van der Waals surface area (Å²) in [5, 5.41) is 5.03. The largest absolute Gasteiger partial charge is 0.496 e. The second-order valence-electron chi connectivity index (χ2n) is 3.66. The normalized spacial score (nSPS) is 9.58. The van der Waals surface area contributed by atoms with E-state index in [-0.39, 0.29) is 19.1 Å². The number of carbonyl (C=O) groups is 2.